The lowest BCUT2D eigenvalue weighted by atomic mass is 9.96. The number of benzene rings is 1. The van der Waals surface area contributed by atoms with Gasteiger partial charge in [-0.05, 0) is 45.1 Å². The highest BCUT2D eigenvalue weighted by molar-refractivity contribution is 5.85. The third kappa shape index (κ3) is 5.91. The molecule has 0 saturated carbocycles. The van der Waals surface area contributed by atoms with Crippen LogP contribution < -0.4 is 11.1 Å². The Bertz CT molecular complexity index is 463. The molecule has 1 aromatic rings. The maximum Gasteiger partial charge on any atom is 0.239 e. The van der Waals surface area contributed by atoms with Gasteiger partial charge < -0.3 is 16.0 Å². The number of carbonyl (C=O) groups excluding carboxylic acids is 1. The van der Waals surface area contributed by atoms with Gasteiger partial charge in [0.15, 0.2) is 0 Å². The fraction of sp³-hybridized carbons (Fsp3) is 0.562. The van der Waals surface area contributed by atoms with E-state index in [-0.39, 0.29) is 30.2 Å². The van der Waals surface area contributed by atoms with Gasteiger partial charge in [0, 0.05) is 6.54 Å². The van der Waals surface area contributed by atoms with Crippen LogP contribution in [0, 0.1) is 5.82 Å². The van der Waals surface area contributed by atoms with Crippen molar-refractivity contribution in [3.8, 4) is 0 Å². The number of nitrogens with one attached hydrogen (secondary N) is 1. The Hall–Kier alpha value is -1.17. The summed E-state index contributed by atoms with van der Waals surface area (Å²) in [6.45, 7) is 4.18. The van der Waals surface area contributed by atoms with Gasteiger partial charge in [0.2, 0.25) is 5.91 Å². The molecule has 0 spiro atoms. The molecule has 0 bridgehead atoms. The van der Waals surface area contributed by atoms with Gasteiger partial charge in [0.05, 0.1) is 11.6 Å². The normalized spacial score (nSPS) is 14.9. The van der Waals surface area contributed by atoms with Gasteiger partial charge in [0.25, 0.3) is 0 Å². The Morgan fingerprint density at radius 1 is 1.36 bits per heavy atom. The Morgan fingerprint density at radius 2 is 1.91 bits per heavy atom. The maximum atomic E-state index is 13.0. The van der Waals surface area contributed by atoms with E-state index in [1.54, 1.807) is 19.1 Å². The van der Waals surface area contributed by atoms with E-state index in [2.05, 4.69) is 5.32 Å². The molecule has 0 saturated heterocycles. The smallest absolute Gasteiger partial charge is 0.239 e. The number of hydrogen-bond donors (Lipinski definition) is 2. The third-order valence-electron chi connectivity index (χ3n) is 3.62. The van der Waals surface area contributed by atoms with Crippen LogP contribution in [0.1, 0.15) is 38.3 Å². The van der Waals surface area contributed by atoms with E-state index in [0.717, 1.165) is 12.0 Å². The minimum atomic E-state index is -0.853. The number of nitrogens with zero attached hydrogens (tertiary/aromatic N) is 1. The van der Waals surface area contributed by atoms with Crippen molar-refractivity contribution in [2.24, 2.45) is 5.73 Å². The number of hydrogen-bond acceptors (Lipinski definition) is 3. The van der Waals surface area contributed by atoms with Crippen LogP contribution in [0.4, 0.5) is 4.39 Å². The summed E-state index contributed by atoms with van der Waals surface area (Å²) in [6, 6.07) is 6.31. The fourth-order valence-electron chi connectivity index (χ4n) is 2.31. The van der Waals surface area contributed by atoms with Gasteiger partial charge in [-0.15, -0.1) is 12.4 Å². The predicted molar refractivity (Wildman–Crippen MR) is 90.6 cm³/mol. The number of halogens is 2. The van der Waals surface area contributed by atoms with Crippen LogP contribution in [-0.2, 0) is 4.79 Å². The first-order chi connectivity index (χ1) is 9.77. The molecule has 2 unspecified atom stereocenters. The Kier molecular flexibility index (Phi) is 8.60. The zero-order chi connectivity index (χ0) is 16.0. The van der Waals surface area contributed by atoms with Crippen molar-refractivity contribution in [3.05, 3.63) is 35.6 Å². The molecule has 1 aromatic carbocycles. The van der Waals surface area contributed by atoms with Gasteiger partial charge in [-0.1, -0.05) is 25.5 Å². The minimum Gasteiger partial charge on any atom is -0.353 e. The molecule has 3 N–H and O–H groups in total. The molecule has 1 rings (SSSR count). The third-order valence-corrected chi connectivity index (χ3v) is 3.62. The zero-order valence-corrected chi connectivity index (χ0v) is 14.5. The monoisotopic (exact) mass is 331 g/mol. The van der Waals surface area contributed by atoms with Crippen LogP contribution in [0.5, 0.6) is 0 Å². The Balaban J connectivity index is 0.00000441. The minimum absolute atomic E-state index is 0. The average molecular weight is 332 g/mol. The summed E-state index contributed by atoms with van der Waals surface area (Å²) in [4.78, 5) is 14.1. The van der Waals surface area contributed by atoms with Crippen molar-refractivity contribution in [1.29, 1.82) is 0 Å². The van der Waals surface area contributed by atoms with E-state index >= 15 is 0 Å². The second-order valence-corrected chi connectivity index (χ2v) is 5.91. The number of rotatable bonds is 7. The Morgan fingerprint density at radius 3 is 2.36 bits per heavy atom. The van der Waals surface area contributed by atoms with E-state index < -0.39 is 5.54 Å². The molecule has 0 aromatic heterocycles. The Labute approximate surface area is 138 Å². The number of amides is 1. The molecule has 4 nitrogen and oxygen atoms in total. The van der Waals surface area contributed by atoms with Crippen molar-refractivity contribution in [3.63, 3.8) is 0 Å². The summed E-state index contributed by atoms with van der Waals surface area (Å²) >= 11 is 0. The lowest BCUT2D eigenvalue weighted by Gasteiger charge is -2.28. The summed E-state index contributed by atoms with van der Waals surface area (Å²) < 4.78 is 13.0. The van der Waals surface area contributed by atoms with Gasteiger partial charge in [0.1, 0.15) is 5.82 Å². The highest BCUT2D eigenvalue weighted by Crippen LogP contribution is 2.18. The molecule has 126 valence electrons. The SMILES string of the molecule is CCCC(C)(N)C(=O)NCC(c1ccc(F)cc1)N(C)C.Cl. The van der Waals surface area contributed by atoms with Crippen molar-refractivity contribution in [1.82, 2.24) is 10.2 Å². The summed E-state index contributed by atoms with van der Waals surface area (Å²) in [6.07, 6.45) is 1.50. The molecule has 0 heterocycles. The number of carbonyl (C=O) groups is 1. The standard InChI is InChI=1S/C16H26FN3O.ClH/c1-5-10-16(2,18)15(21)19-11-14(20(3)4)12-6-8-13(17)9-7-12;/h6-9,14H,5,10-11,18H2,1-4H3,(H,19,21);1H. The topological polar surface area (TPSA) is 58.4 Å². The summed E-state index contributed by atoms with van der Waals surface area (Å²) in [7, 11) is 3.85. The lowest BCUT2D eigenvalue weighted by molar-refractivity contribution is -0.126. The highest BCUT2D eigenvalue weighted by atomic mass is 35.5. The quantitative estimate of drug-likeness (QED) is 0.807. The van der Waals surface area contributed by atoms with E-state index in [0.29, 0.717) is 13.0 Å². The first-order valence-electron chi connectivity index (χ1n) is 7.27. The van der Waals surface area contributed by atoms with Crippen molar-refractivity contribution >= 4 is 18.3 Å². The molecule has 0 aliphatic carbocycles. The molecular formula is C16H27ClFN3O. The molecule has 0 aliphatic heterocycles. The van der Waals surface area contributed by atoms with Crippen molar-refractivity contribution in [2.75, 3.05) is 20.6 Å². The van der Waals surface area contributed by atoms with Crippen LogP contribution in [0.15, 0.2) is 24.3 Å². The summed E-state index contributed by atoms with van der Waals surface area (Å²) in [5, 5.41) is 2.90. The van der Waals surface area contributed by atoms with Crippen LogP contribution >= 0.6 is 12.4 Å². The second-order valence-electron chi connectivity index (χ2n) is 5.91. The first-order valence-corrected chi connectivity index (χ1v) is 7.27. The van der Waals surface area contributed by atoms with Crippen LogP contribution in [0.3, 0.4) is 0 Å². The van der Waals surface area contributed by atoms with E-state index in [1.165, 1.54) is 12.1 Å². The number of likely N-dealkylation sites (N-methyl/N-ethyl adjacent to an activating group) is 1. The molecule has 22 heavy (non-hydrogen) atoms. The van der Waals surface area contributed by atoms with Crippen molar-refractivity contribution < 1.29 is 9.18 Å². The first kappa shape index (κ1) is 20.8. The number of nitrogens with two attached hydrogens (primary N) is 1. The molecule has 0 fully saturated rings. The van der Waals surface area contributed by atoms with Crippen molar-refractivity contribution in [2.45, 2.75) is 38.3 Å². The largest absolute Gasteiger partial charge is 0.353 e. The van der Waals surface area contributed by atoms with Gasteiger partial charge in [-0.2, -0.15) is 0 Å². The fourth-order valence-corrected chi connectivity index (χ4v) is 2.31. The van der Waals surface area contributed by atoms with Crippen LogP contribution in [0.25, 0.3) is 0 Å². The zero-order valence-electron chi connectivity index (χ0n) is 13.7. The molecular weight excluding hydrogens is 305 g/mol. The molecule has 6 heteroatoms. The summed E-state index contributed by atoms with van der Waals surface area (Å²) in [5.41, 5.74) is 6.12. The molecule has 2 atom stereocenters. The molecule has 0 radical (unpaired) electrons. The average Bonchev–Trinajstić information content (AvgIpc) is 2.40. The van der Waals surface area contributed by atoms with Gasteiger partial charge in [-0.25, -0.2) is 4.39 Å². The molecule has 1 amide bonds. The summed E-state index contributed by atoms with van der Waals surface area (Å²) in [5.74, 6) is -0.420. The van der Waals surface area contributed by atoms with E-state index in [4.69, 9.17) is 5.73 Å². The van der Waals surface area contributed by atoms with Gasteiger partial charge in [-0.3, -0.25) is 4.79 Å². The second kappa shape index (κ2) is 9.08. The molecule has 0 aliphatic rings. The highest BCUT2D eigenvalue weighted by Gasteiger charge is 2.27. The van der Waals surface area contributed by atoms with E-state index in [9.17, 15) is 9.18 Å². The van der Waals surface area contributed by atoms with Crippen LogP contribution in [-0.4, -0.2) is 37.0 Å². The maximum absolute atomic E-state index is 13.0. The lowest BCUT2D eigenvalue weighted by Crippen LogP contribution is -2.52. The van der Waals surface area contributed by atoms with Gasteiger partial charge >= 0.3 is 0 Å². The van der Waals surface area contributed by atoms with E-state index in [1.807, 2.05) is 25.9 Å². The predicted octanol–water partition coefficient (Wildman–Crippen LogP) is 2.48. The van der Waals surface area contributed by atoms with Crippen LogP contribution in [0.2, 0.25) is 0 Å².